The van der Waals surface area contributed by atoms with Gasteiger partial charge >= 0.3 is 77.5 Å². The van der Waals surface area contributed by atoms with E-state index in [9.17, 15) is 28.4 Å². The third-order valence-corrected chi connectivity index (χ3v) is 5.73. The molecule has 0 saturated carbocycles. The molecule has 0 aliphatic rings. The van der Waals surface area contributed by atoms with Gasteiger partial charge in [0.2, 0.25) is 0 Å². The summed E-state index contributed by atoms with van der Waals surface area (Å²) in [6, 6.07) is 10.3. The normalized spacial score (nSPS) is 13.5. The van der Waals surface area contributed by atoms with Crippen molar-refractivity contribution in [1.29, 1.82) is 0 Å². The van der Waals surface area contributed by atoms with Gasteiger partial charge in [0.05, 0.1) is 0 Å². The van der Waals surface area contributed by atoms with E-state index in [0.29, 0.717) is 0 Å². The quantitative estimate of drug-likeness (QED) is 0.314. The molecule has 0 amide bonds. The van der Waals surface area contributed by atoms with Crippen molar-refractivity contribution in [3.05, 3.63) is 35.9 Å². The maximum absolute atomic E-state index is 10.1. The topological polar surface area (TPSA) is 139 Å². The van der Waals surface area contributed by atoms with Crippen molar-refractivity contribution in [3.8, 4) is 0 Å². The molecule has 24 heavy (non-hydrogen) atoms. The minimum absolute atomic E-state index is 1.32. The molecule has 0 aliphatic heterocycles. The number of phosphoric acid groups is 1. The van der Waals surface area contributed by atoms with Gasteiger partial charge < -0.3 is 14.7 Å². The smallest absolute Gasteiger partial charge is 0.496 e. The van der Waals surface area contributed by atoms with Gasteiger partial charge in [-0.3, -0.25) is 4.57 Å². The second kappa shape index (κ2) is 16.7. The molecule has 1 aromatic carbocycles. The second-order valence-electron chi connectivity index (χ2n) is 4.17. The Hall–Kier alpha value is 0.249. The number of unbranched alkanes of at least 4 members (excludes halogenated alkanes) is 2. The molecule has 0 fully saturated rings. The van der Waals surface area contributed by atoms with E-state index >= 15 is 0 Å². The largest absolute Gasteiger partial charge is 0.750 e. The molecule has 12 heteroatoms. The molecule has 0 heterocycles. The van der Waals surface area contributed by atoms with Crippen LogP contribution in [0.5, 0.6) is 0 Å². The van der Waals surface area contributed by atoms with Crippen LogP contribution in [0.4, 0.5) is 0 Å². The van der Waals surface area contributed by atoms with Crippen LogP contribution in [0.25, 0.3) is 0 Å². The summed E-state index contributed by atoms with van der Waals surface area (Å²) in [6.07, 6.45) is 4.26. The standard InChI is InChI=1S/C7H8.C5H11.HO8P3.Sn/c1-7-5-3-2-4-6-7;1-3-5-4-2;1-9(2)7-11(5,6)8-10(3)4;/h2-6H,1H3;1,3-5H2,2H3;(H,5,6);/q;;;+3/p-1. The molecule has 2 atom stereocenters. The average Bonchev–Trinajstić information content (AvgIpc) is 2.44. The van der Waals surface area contributed by atoms with Crippen molar-refractivity contribution in [2.24, 2.45) is 0 Å². The minimum Gasteiger partial charge on any atom is -0.750 e. The van der Waals surface area contributed by atoms with Crippen molar-refractivity contribution >= 4 is 46.9 Å². The monoisotopic (exact) mass is 504 g/mol. The summed E-state index contributed by atoms with van der Waals surface area (Å²) in [5.41, 5.74) is 1.32. The van der Waals surface area contributed by atoms with Gasteiger partial charge in [-0.2, -0.15) is 0 Å². The van der Waals surface area contributed by atoms with Gasteiger partial charge in [0.15, 0.2) is 0 Å². The van der Waals surface area contributed by atoms with Crippen molar-refractivity contribution < 1.29 is 37.0 Å². The zero-order chi connectivity index (χ0) is 19.0. The molecule has 8 nitrogen and oxygen atoms in total. The first-order valence-electron chi connectivity index (χ1n) is 6.80. The summed E-state index contributed by atoms with van der Waals surface area (Å²) < 4.78 is 36.8. The van der Waals surface area contributed by atoms with Crippen LogP contribution in [-0.4, -0.2) is 22.5 Å². The first-order valence-corrected chi connectivity index (χ1v) is 12.5. The molecule has 1 aromatic rings. The number of aryl methyl sites for hydroxylation is 1. The van der Waals surface area contributed by atoms with Gasteiger partial charge in [0, 0.05) is 0 Å². The second-order valence-corrected chi connectivity index (χ2v) is 8.69. The number of rotatable bonds is 7. The molecule has 132 valence electrons. The molecule has 0 N–H and O–H groups in total. The van der Waals surface area contributed by atoms with E-state index in [1.165, 1.54) is 29.3 Å². The maximum Gasteiger partial charge on any atom is 0.496 e. The van der Waals surface area contributed by atoms with Crippen molar-refractivity contribution in [3.63, 3.8) is 0 Å². The number of hydrogen-bond donors (Lipinski definition) is 0. The Bertz CT molecular complexity index is 490. The SMILES string of the molecule is CCCC[CH2][Sn+3].Cc1ccccc1.O=[P+]([O-])OP(=O)([O-])O[P+](=O)[O-]. The first kappa shape index (κ1) is 26.5. The third kappa shape index (κ3) is 22.2. The molecule has 2 unspecified atom stereocenters. The van der Waals surface area contributed by atoms with Crippen LogP contribution in [-0.2, 0) is 22.3 Å². The number of benzene rings is 1. The minimum atomic E-state index is -5.25. The Labute approximate surface area is 157 Å². The van der Waals surface area contributed by atoms with Crippen LogP contribution >= 0.6 is 24.3 Å². The molecular weight excluding hydrogens is 484 g/mol. The Morgan fingerprint density at radius 3 is 1.75 bits per heavy atom. The summed E-state index contributed by atoms with van der Waals surface area (Å²) in [7, 11) is -12.6. The van der Waals surface area contributed by atoms with E-state index in [1.807, 2.05) is 18.2 Å². The summed E-state index contributed by atoms with van der Waals surface area (Å²) in [5, 5.41) is 0. The molecule has 0 bridgehead atoms. The molecule has 0 spiro atoms. The molecule has 0 aliphatic carbocycles. The van der Waals surface area contributed by atoms with E-state index in [1.54, 1.807) is 22.5 Å². The van der Waals surface area contributed by atoms with Crippen LogP contribution in [0.1, 0.15) is 31.7 Å². The van der Waals surface area contributed by atoms with Crippen LogP contribution in [0.15, 0.2) is 30.3 Å². The van der Waals surface area contributed by atoms with Gasteiger partial charge in [0.1, 0.15) is 0 Å². The fraction of sp³-hybridized carbons (Fsp3) is 0.500. The van der Waals surface area contributed by atoms with Gasteiger partial charge in [-0.1, -0.05) is 44.5 Å². The van der Waals surface area contributed by atoms with Gasteiger partial charge in [0.25, 0.3) is 0 Å². The summed E-state index contributed by atoms with van der Waals surface area (Å²) >= 11 is 1.69. The summed E-state index contributed by atoms with van der Waals surface area (Å²) in [5.74, 6) is 0. The van der Waals surface area contributed by atoms with Crippen molar-refractivity contribution in [2.45, 2.75) is 37.5 Å². The Balaban J connectivity index is 0. The fourth-order valence-electron chi connectivity index (χ4n) is 1.09. The predicted molar refractivity (Wildman–Crippen MR) is 86.3 cm³/mol. The summed E-state index contributed by atoms with van der Waals surface area (Å²) in [6.45, 7) is 4.33. The van der Waals surface area contributed by atoms with E-state index in [0.717, 1.165) is 0 Å². The van der Waals surface area contributed by atoms with Crippen LogP contribution in [0.3, 0.4) is 0 Å². The van der Waals surface area contributed by atoms with E-state index in [4.69, 9.17) is 0 Å². The van der Waals surface area contributed by atoms with Gasteiger partial charge in [-0.15, -0.1) is 0 Å². The van der Waals surface area contributed by atoms with Crippen LogP contribution in [0, 0.1) is 6.92 Å². The molecule has 0 aromatic heterocycles. The first-order chi connectivity index (χ1) is 11.1. The Kier molecular flexibility index (Phi) is 18.4. The van der Waals surface area contributed by atoms with Crippen molar-refractivity contribution in [2.75, 3.05) is 0 Å². The predicted octanol–water partition coefficient (Wildman–Crippen LogP) is 2.28. The zero-order valence-electron chi connectivity index (χ0n) is 13.3. The summed E-state index contributed by atoms with van der Waals surface area (Å²) in [4.78, 5) is 29.2. The molecule has 1 rings (SSSR count). The Morgan fingerprint density at radius 1 is 1.08 bits per heavy atom. The number of hydrogen-bond acceptors (Lipinski definition) is 8. The average molecular weight is 503 g/mol. The van der Waals surface area contributed by atoms with E-state index in [-0.39, 0.29) is 0 Å². The molecule has 0 radical (unpaired) electrons. The van der Waals surface area contributed by atoms with Gasteiger partial charge in [-0.25, -0.2) is 0 Å². The Morgan fingerprint density at radius 2 is 1.54 bits per heavy atom. The van der Waals surface area contributed by atoms with E-state index in [2.05, 4.69) is 34.6 Å². The molecule has 0 saturated heterocycles. The van der Waals surface area contributed by atoms with Crippen molar-refractivity contribution in [1.82, 2.24) is 0 Å². The zero-order valence-corrected chi connectivity index (χ0v) is 18.9. The van der Waals surface area contributed by atoms with Crippen LogP contribution < -0.4 is 14.7 Å². The molecular formula is C12H19O8P3Sn+2. The van der Waals surface area contributed by atoms with Gasteiger partial charge in [-0.05, 0) is 16.1 Å². The maximum atomic E-state index is 10.1. The fourth-order valence-corrected chi connectivity index (χ4v) is 3.50. The third-order valence-electron chi connectivity index (χ3n) is 2.05. The van der Waals surface area contributed by atoms with E-state index < -0.39 is 24.3 Å². The van der Waals surface area contributed by atoms with Crippen LogP contribution in [0.2, 0.25) is 4.44 Å².